The molecule has 19 heavy (non-hydrogen) atoms. The van der Waals surface area contributed by atoms with E-state index < -0.39 is 10.0 Å². The Morgan fingerprint density at radius 2 is 2.26 bits per heavy atom. The van der Waals surface area contributed by atoms with Gasteiger partial charge in [0.2, 0.25) is 10.0 Å². The van der Waals surface area contributed by atoms with E-state index >= 15 is 0 Å². The molecule has 0 saturated heterocycles. The normalized spacial score (nSPS) is 22.2. The van der Waals surface area contributed by atoms with Crippen LogP contribution in [0.25, 0.3) is 0 Å². The molecular formula is C12H20N4O2S. The van der Waals surface area contributed by atoms with Crippen LogP contribution >= 0.6 is 0 Å². The predicted octanol–water partition coefficient (Wildman–Crippen LogP) is 0.169. The van der Waals surface area contributed by atoms with Gasteiger partial charge in [0.15, 0.2) is 0 Å². The molecule has 1 aromatic rings. The first-order valence-corrected chi connectivity index (χ1v) is 8.30. The topological polar surface area (TPSA) is 67.2 Å². The van der Waals surface area contributed by atoms with E-state index in [1.807, 2.05) is 10.8 Å². The summed E-state index contributed by atoms with van der Waals surface area (Å²) in [5, 5.41) is 2.91. The zero-order chi connectivity index (χ0) is 13.5. The highest BCUT2D eigenvalue weighted by molar-refractivity contribution is 7.89. The van der Waals surface area contributed by atoms with E-state index in [9.17, 15) is 8.42 Å². The first kappa shape index (κ1) is 13.1. The second-order valence-corrected chi connectivity index (χ2v) is 7.76. The van der Waals surface area contributed by atoms with Crippen molar-refractivity contribution in [2.45, 2.75) is 44.1 Å². The molecule has 1 N–H and O–H groups in total. The molecule has 1 atom stereocenters. The van der Waals surface area contributed by atoms with Crippen molar-refractivity contribution in [2.24, 2.45) is 0 Å². The van der Waals surface area contributed by atoms with Gasteiger partial charge in [-0.15, -0.1) is 0 Å². The van der Waals surface area contributed by atoms with Crippen molar-refractivity contribution in [3.05, 3.63) is 18.2 Å². The molecule has 2 heterocycles. The third-order valence-electron chi connectivity index (χ3n) is 3.85. The van der Waals surface area contributed by atoms with Crippen LogP contribution in [0.2, 0.25) is 0 Å². The van der Waals surface area contributed by atoms with Crippen molar-refractivity contribution in [3.8, 4) is 0 Å². The lowest BCUT2D eigenvalue weighted by molar-refractivity contribution is 0.331. The Hall–Kier alpha value is -0.920. The fourth-order valence-electron chi connectivity index (χ4n) is 2.35. The Kier molecular flexibility index (Phi) is 3.36. The fraction of sp³-hybridized carbons (Fsp3) is 0.750. The van der Waals surface area contributed by atoms with Gasteiger partial charge in [0.25, 0.3) is 0 Å². The predicted molar refractivity (Wildman–Crippen MR) is 72.0 cm³/mol. The number of hydrogen-bond acceptors (Lipinski definition) is 4. The zero-order valence-electron chi connectivity index (χ0n) is 11.1. The summed E-state index contributed by atoms with van der Waals surface area (Å²) in [5.41, 5.74) is 0. The minimum Gasteiger partial charge on any atom is -0.333 e. The summed E-state index contributed by atoms with van der Waals surface area (Å²) in [7, 11) is -3.23. The molecule has 1 fully saturated rings. The van der Waals surface area contributed by atoms with Gasteiger partial charge in [0, 0.05) is 38.1 Å². The third kappa shape index (κ3) is 2.68. The van der Waals surface area contributed by atoms with E-state index in [1.54, 1.807) is 17.4 Å². The fourth-order valence-corrected chi connectivity index (χ4v) is 3.80. The zero-order valence-corrected chi connectivity index (χ0v) is 11.9. The Balaban J connectivity index is 1.66. The minimum atomic E-state index is -3.23. The molecule has 3 rings (SSSR count). The van der Waals surface area contributed by atoms with Crippen LogP contribution in [0.3, 0.4) is 0 Å². The molecule has 7 heteroatoms. The molecule has 2 aliphatic rings. The Morgan fingerprint density at radius 1 is 1.47 bits per heavy atom. The van der Waals surface area contributed by atoms with Crippen molar-refractivity contribution < 1.29 is 8.42 Å². The van der Waals surface area contributed by atoms with Gasteiger partial charge >= 0.3 is 0 Å². The average molecular weight is 284 g/mol. The van der Waals surface area contributed by atoms with E-state index in [0.717, 1.165) is 5.82 Å². The number of nitrogens with zero attached hydrogens (tertiary/aromatic N) is 3. The molecular weight excluding hydrogens is 264 g/mol. The summed E-state index contributed by atoms with van der Waals surface area (Å²) in [6, 6.07) is 0.540. The largest absolute Gasteiger partial charge is 0.333 e. The average Bonchev–Trinajstić information content (AvgIpc) is 3.10. The molecule has 0 aromatic carbocycles. The highest BCUT2D eigenvalue weighted by Gasteiger charge is 2.33. The van der Waals surface area contributed by atoms with E-state index in [4.69, 9.17) is 0 Å². The van der Waals surface area contributed by atoms with Crippen LogP contribution in [0.5, 0.6) is 0 Å². The van der Waals surface area contributed by atoms with Crippen LogP contribution in [-0.2, 0) is 23.1 Å². The Morgan fingerprint density at radius 3 is 3.00 bits per heavy atom. The molecule has 1 aliphatic carbocycles. The summed E-state index contributed by atoms with van der Waals surface area (Å²) in [6.45, 7) is 3.95. The first-order valence-electron chi connectivity index (χ1n) is 6.80. The number of fused-ring (bicyclic) bond motifs is 1. The van der Waals surface area contributed by atoms with Crippen LogP contribution in [0, 0.1) is 0 Å². The maximum absolute atomic E-state index is 12.5. The van der Waals surface area contributed by atoms with Crippen molar-refractivity contribution in [3.63, 3.8) is 0 Å². The van der Waals surface area contributed by atoms with Gasteiger partial charge in [-0.25, -0.2) is 13.4 Å². The van der Waals surface area contributed by atoms with E-state index in [0.29, 0.717) is 32.2 Å². The highest BCUT2D eigenvalue weighted by atomic mass is 32.2. The van der Waals surface area contributed by atoms with E-state index in [2.05, 4.69) is 10.3 Å². The second-order valence-electron chi connectivity index (χ2n) is 5.41. The van der Waals surface area contributed by atoms with Crippen LogP contribution in [-0.4, -0.2) is 46.7 Å². The van der Waals surface area contributed by atoms with Crippen molar-refractivity contribution >= 4 is 10.0 Å². The monoisotopic (exact) mass is 284 g/mol. The van der Waals surface area contributed by atoms with Crippen LogP contribution in [0.15, 0.2) is 12.4 Å². The lowest BCUT2D eigenvalue weighted by Crippen LogP contribution is -2.45. The summed E-state index contributed by atoms with van der Waals surface area (Å²) < 4.78 is 28.6. The summed E-state index contributed by atoms with van der Waals surface area (Å²) in [5.74, 6) is 0.831. The van der Waals surface area contributed by atoms with E-state index in [1.165, 1.54) is 12.8 Å². The van der Waals surface area contributed by atoms with Gasteiger partial charge in [0.05, 0.1) is 11.8 Å². The summed E-state index contributed by atoms with van der Waals surface area (Å²) in [6.07, 6.45) is 5.97. The lowest BCUT2D eigenvalue weighted by Gasteiger charge is -2.29. The number of sulfonamides is 1. The SMILES string of the molecule is CC(CNC1CC1)S(=O)(=O)N1CCn2ccnc2C1. The molecule has 1 unspecified atom stereocenters. The highest BCUT2D eigenvalue weighted by Crippen LogP contribution is 2.20. The van der Waals surface area contributed by atoms with Crippen LogP contribution in [0.4, 0.5) is 0 Å². The van der Waals surface area contributed by atoms with Crippen LogP contribution in [0.1, 0.15) is 25.6 Å². The van der Waals surface area contributed by atoms with Crippen molar-refractivity contribution in [1.82, 2.24) is 19.2 Å². The van der Waals surface area contributed by atoms with Crippen molar-refractivity contribution in [1.29, 1.82) is 0 Å². The molecule has 0 bridgehead atoms. The smallest absolute Gasteiger partial charge is 0.218 e. The molecule has 0 spiro atoms. The minimum absolute atomic E-state index is 0.380. The number of rotatable bonds is 5. The molecule has 106 valence electrons. The first-order chi connectivity index (χ1) is 9.07. The van der Waals surface area contributed by atoms with Crippen molar-refractivity contribution in [2.75, 3.05) is 13.1 Å². The number of imidazole rings is 1. The maximum atomic E-state index is 12.5. The molecule has 0 radical (unpaired) electrons. The van der Waals surface area contributed by atoms with Gasteiger partial charge in [-0.2, -0.15) is 4.31 Å². The number of hydrogen-bond donors (Lipinski definition) is 1. The summed E-state index contributed by atoms with van der Waals surface area (Å²) >= 11 is 0. The van der Waals surface area contributed by atoms with Gasteiger partial charge in [0.1, 0.15) is 5.82 Å². The number of nitrogens with one attached hydrogen (secondary N) is 1. The van der Waals surface area contributed by atoms with Gasteiger partial charge < -0.3 is 9.88 Å². The molecule has 6 nitrogen and oxygen atoms in total. The van der Waals surface area contributed by atoms with Gasteiger partial charge in [-0.3, -0.25) is 0 Å². The molecule has 1 aromatic heterocycles. The number of aromatic nitrogens is 2. The standard InChI is InChI=1S/C12H20N4O2S/c1-10(8-14-11-2-3-11)19(17,18)16-7-6-15-5-4-13-12(15)9-16/h4-5,10-11,14H,2-3,6-9H2,1H3. The molecule has 1 aliphatic heterocycles. The second kappa shape index (κ2) is 4.88. The quantitative estimate of drug-likeness (QED) is 0.837. The maximum Gasteiger partial charge on any atom is 0.218 e. The lowest BCUT2D eigenvalue weighted by atomic mass is 10.4. The Bertz CT molecular complexity index is 550. The summed E-state index contributed by atoms with van der Waals surface area (Å²) in [4.78, 5) is 4.21. The van der Waals surface area contributed by atoms with Crippen LogP contribution < -0.4 is 5.32 Å². The van der Waals surface area contributed by atoms with E-state index in [-0.39, 0.29) is 5.25 Å². The van der Waals surface area contributed by atoms with Gasteiger partial charge in [-0.05, 0) is 19.8 Å². The molecule has 1 saturated carbocycles. The third-order valence-corrected chi connectivity index (χ3v) is 6.06. The molecule has 0 amide bonds. The Labute approximate surface area is 113 Å². The van der Waals surface area contributed by atoms with Gasteiger partial charge in [-0.1, -0.05) is 0 Å².